The SMILES string of the molecule is CC(N)C(C)(O)Cc1nccs1. The van der Waals surface area contributed by atoms with Crippen molar-refractivity contribution in [3.8, 4) is 0 Å². The Morgan fingerprint density at radius 3 is 2.92 bits per heavy atom. The molecule has 2 atom stereocenters. The molecule has 0 fully saturated rings. The van der Waals surface area contributed by atoms with Gasteiger partial charge in [-0.25, -0.2) is 4.98 Å². The lowest BCUT2D eigenvalue weighted by Crippen LogP contribution is -2.45. The first-order valence-electron chi connectivity index (χ1n) is 3.89. The van der Waals surface area contributed by atoms with Crippen molar-refractivity contribution in [2.45, 2.75) is 31.9 Å². The first kappa shape index (κ1) is 9.64. The summed E-state index contributed by atoms with van der Waals surface area (Å²) in [5.74, 6) is 0. The first-order valence-corrected chi connectivity index (χ1v) is 4.76. The fourth-order valence-electron chi connectivity index (χ4n) is 0.807. The number of hydrogen-bond acceptors (Lipinski definition) is 4. The molecule has 0 aliphatic carbocycles. The van der Waals surface area contributed by atoms with Crippen LogP contribution in [-0.2, 0) is 6.42 Å². The summed E-state index contributed by atoms with van der Waals surface area (Å²) in [4.78, 5) is 4.09. The number of nitrogens with zero attached hydrogens (tertiary/aromatic N) is 1. The van der Waals surface area contributed by atoms with Gasteiger partial charge in [-0.2, -0.15) is 0 Å². The van der Waals surface area contributed by atoms with Gasteiger partial charge in [-0.1, -0.05) is 0 Å². The van der Waals surface area contributed by atoms with E-state index in [4.69, 9.17) is 5.73 Å². The van der Waals surface area contributed by atoms with E-state index >= 15 is 0 Å². The quantitative estimate of drug-likeness (QED) is 0.733. The van der Waals surface area contributed by atoms with Crippen LogP contribution in [0, 0.1) is 0 Å². The summed E-state index contributed by atoms with van der Waals surface area (Å²) in [6.45, 7) is 3.53. The zero-order valence-electron chi connectivity index (χ0n) is 7.32. The van der Waals surface area contributed by atoms with Crippen LogP contribution in [0.25, 0.3) is 0 Å². The highest BCUT2D eigenvalue weighted by Gasteiger charge is 2.26. The summed E-state index contributed by atoms with van der Waals surface area (Å²) < 4.78 is 0. The van der Waals surface area contributed by atoms with Crippen LogP contribution < -0.4 is 5.73 Å². The van der Waals surface area contributed by atoms with Gasteiger partial charge in [-0.05, 0) is 13.8 Å². The molecule has 1 heterocycles. The summed E-state index contributed by atoms with van der Waals surface area (Å²) in [5, 5.41) is 12.6. The number of rotatable bonds is 3. The number of aromatic nitrogens is 1. The van der Waals surface area contributed by atoms with Crippen molar-refractivity contribution >= 4 is 11.3 Å². The molecule has 3 N–H and O–H groups in total. The Hall–Kier alpha value is -0.450. The van der Waals surface area contributed by atoms with E-state index in [9.17, 15) is 5.11 Å². The number of aliphatic hydroxyl groups is 1. The third kappa shape index (κ3) is 2.27. The maximum Gasteiger partial charge on any atom is 0.0954 e. The number of hydrogen-bond donors (Lipinski definition) is 2. The molecule has 68 valence electrons. The van der Waals surface area contributed by atoms with Gasteiger partial charge in [0.25, 0.3) is 0 Å². The molecule has 1 aromatic heterocycles. The van der Waals surface area contributed by atoms with E-state index in [-0.39, 0.29) is 6.04 Å². The van der Waals surface area contributed by atoms with Crippen molar-refractivity contribution < 1.29 is 5.11 Å². The average Bonchev–Trinajstić information content (AvgIpc) is 2.38. The summed E-state index contributed by atoms with van der Waals surface area (Å²) in [6, 6.07) is -0.235. The number of nitrogens with two attached hydrogens (primary N) is 1. The molecule has 0 radical (unpaired) electrons. The van der Waals surface area contributed by atoms with Crippen LogP contribution in [0.3, 0.4) is 0 Å². The second kappa shape index (κ2) is 3.51. The molecule has 0 aliphatic heterocycles. The highest BCUT2D eigenvalue weighted by atomic mass is 32.1. The van der Waals surface area contributed by atoms with Crippen LogP contribution in [0.4, 0.5) is 0 Å². The molecule has 0 spiro atoms. The fraction of sp³-hybridized carbons (Fsp3) is 0.625. The largest absolute Gasteiger partial charge is 0.388 e. The van der Waals surface area contributed by atoms with E-state index in [0.29, 0.717) is 6.42 Å². The van der Waals surface area contributed by atoms with Gasteiger partial charge in [0, 0.05) is 24.0 Å². The molecular weight excluding hydrogens is 172 g/mol. The maximum absolute atomic E-state index is 9.81. The van der Waals surface area contributed by atoms with Crippen molar-refractivity contribution in [1.82, 2.24) is 4.98 Å². The second-order valence-corrected chi connectivity index (χ2v) is 4.23. The van der Waals surface area contributed by atoms with Gasteiger partial charge in [-0.15, -0.1) is 11.3 Å². The number of thiazole rings is 1. The van der Waals surface area contributed by atoms with Crippen molar-refractivity contribution in [3.05, 3.63) is 16.6 Å². The summed E-state index contributed by atoms with van der Waals surface area (Å²) >= 11 is 1.54. The predicted molar refractivity (Wildman–Crippen MR) is 50.1 cm³/mol. The Labute approximate surface area is 76.3 Å². The lowest BCUT2D eigenvalue weighted by atomic mass is 9.95. The van der Waals surface area contributed by atoms with Gasteiger partial charge in [-0.3, -0.25) is 0 Å². The molecule has 12 heavy (non-hydrogen) atoms. The summed E-state index contributed by atoms with van der Waals surface area (Å²) in [7, 11) is 0. The summed E-state index contributed by atoms with van der Waals surface area (Å²) in [6.07, 6.45) is 2.26. The monoisotopic (exact) mass is 186 g/mol. The van der Waals surface area contributed by atoms with E-state index in [1.165, 1.54) is 0 Å². The van der Waals surface area contributed by atoms with Crippen LogP contribution in [0.5, 0.6) is 0 Å². The van der Waals surface area contributed by atoms with E-state index in [2.05, 4.69) is 4.98 Å². The van der Waals surface area contributed by atoms with Gasteiger partial charge < -0.3 is 10.8 Å². The Kier molecular flexibility index (Phi) is 2.82. The topological polar surface area (TPSA) is 59.1 Å². The third-order valence-electron chi connectivity index (χ3n) is 1.97. The zero-order valence-corrected chi connectivity index (χ0v) is 8.14. The maximum atomic E-state index is 9.81. The van der Waals surface area contributed by atoms with Crippen LogP contribution in [-0.4, -0.2) is 21.7 Å². The highest BCUT2D eigenvalue weighted by molar-refractivity contribution is 7.09. The van der Waals surface area contributed by atoms with Crippen molar-refractivity contribution in [3.63, 3.8) is 0 Å². The zero-order chi connectivity index (χ0) is 9.19. The van der Waals surface area contributed by atoms with Gasteiger partial charge in [0.05, 0.1) is 10.6 Å². The Balaban J connectivity index is 2.62. The van der Waals surface area contributed by atoms with Gasteiger partial charge >= 0.3 is 0 Å². The molecule has 3 nitrogen and oxygen atoms in total. The minimum absolute atomic E-state index is 0.235. The molecule has 0 aliphatic rings. The predicted octanol–water partition coefficient (Wildman–Crippen LogP) is 0.784. The minimum Gasteiger partial charge on any atom is -0.388 e. The molecule has 0 saturated heterocycles. The van der Waals surface area contributed by atoms with Crippen LogP contribution in [0.1, 0.15) is 18.9 Å². The average molecular weight is 186 g/mol. The fourth-order valence-corrected chi connectivity index (χ4v) is 1.58. The van der Waals surface area contributed by atoms with E-state index < -0.39 is 5.60 Å². The normalized spacial score (nSPS) is 18.7. The van der Waals surface area contributed by atoms with E-state index in [0.717, 1.165) is 5.01 Å². The Morgan fingerprint density at radius 1 is 1.83 bits per heavy atom. The molecule has 1 rings (SSSR count). The minimum atomic E-state index is -0.849. The summed E-state index contributed by atoms with van der Waals surface area (Å²) in [5.41, 5.74) is 4.76. The van der Waals surface area contributed by atoms with Crippen molar-refractivity contribution in [2.75, 3.05) is 0 Å². The molecule has 0 amide bonds. The second-order valence-electron chi connectivity index (χ2n) is 3.25. The molecule has 1 aromatic rings. The van der Waals surface area contributed by atoms with Crippen LogP contribution in [0.15, 0.2) is 11.6 Å². The molecule has 0 saturated carbocycles. The molecule has 0 bridgehead atoms. The molecular formula is C8H14N2OS. The van der Waals surface area contributed by atoms with Gasteiger partial charge in [0.1, 0.15) is 0 Å². The Morgan fingerprint density at radius 2 is 2.50 bits per heavy atom. The van der Waals surface area contributed by atoms with Gasteiger partial charge in [0.15, 0.2) is 0 Å². The third-order valence-corrected chi connectivity index (χ3v) is 2.75. The lowest BCUT2D eigenvalue weighted by Gasteiger charge is -2.26. The van der Waals surface area contributed by atoms with Crippen molar-refractivity contribution in [2.24, 2.45) is 5.73 Å². The van der Waals surface area contributed by atoms with E-state index in [1.807, 2.05) is 5.38 Å². The Bertz CT molecular complexity index is 231. The standard InChI is InChI=1S/C8H14N2OS/c1-6(9)8(2,11)5-7-10-3-4-12-7/h3-4,6,11H,5,9H2,1-2H3. The lowest BCUT2D eigenvalue weighted by molar-refractivity contribution is 0.0388. The molecule has 0 aromatic carbocycles. The van der Waals surface area contributed by atoms with E-state index in [1.54, 1.807) is 31.4 Å². The van der Waals surface area contributed by atoms with Crippen LogP contribution >= 0.6 is 11.3 Å². The highest BCUT2D eigenvalue weighted by Crippen LogP contribution is 2.17. The first-order chi connectivity index (χ1) is 5.52. The molecule has 2 unspecified atom stereocenters. The van der Waals surface area contributed by atoms with Crippen LogP contribution in [0.2, 0.25) is 0 Å². The molecule has 4 heteroatoms. The smallest absolute Gasteiger partial charge is 0.0954 e. The van der Waals surface area contributed by atoms with Crippen molar-refractivity contribution in [1.29, 1.82) is 0 Å². The van der Waals surface area contributed by atoms with Gasteiger partial charge in [0.2, 0.25) is 0 Å².